The first-order valence-corrected chi connectivity index (χ1v) is 8.93. The van der Waals surface area contributed by atoms with Gasteiger partial charge in [-0.25, -0.2) is 4.79 Å². The lowest BCUT2D eigenvalue weighted by molar-refractivity contribution is 0.0525. The fraction of sp³-hybridized carbons (Fsp3) is 0.182. The number of rotatable bonds is 7. The van der Waals surface area contributed by atoms with Crippen LogP contribution in [0.1, 0.15) is 45.1 Å². The Bertz CT molecular complexity index is 927. The first-order valence-electron chi connectivity index (χ1n) is 8.93. The molecule has 0 aliphatic rings. The zero-order chi connectivity index (χ0) is 19.1. The molecule has 0 saturated carbocycles. The average Bonchev–Trinajstić information content (AvgIpc) is 3.14. The van der Waals surface area contributed by atoms with Crippen LogP contribution in [0.25, 0.3) is 0 Å². The Morgan fingerprint density at radius 3 is 2.41 bits per heavy atom. The van der Waals surface area contributed by atoms with E-state index in [2.05, 4.69) is 34.4 Å². The Morgan fingerprint density at radius 1 is 1.04 bits per heavy atom. The monoisotopic (exact) mass is 361 g/mol. The summed E-state index contributed by atoms with van der Waals surface area (Å²) >= 11 is 0. The smallest absolute Gasteiger partial charge is 0.339 e. The van der Waals surface area contributed by atoms with Gasteiger partial charge in [0.2, 0.25) is 0 Å². The van der Waals surface area contributed by atoms with Gasteiger partial charge in [0.05, 0.1) is 18.4 Å². The third-order valence-corrected chi connectivity index (χ3v) is 4.42. The number of hydrazone groups is 1. The number of nitrogens with one attached hydrogen (secondary N) is 1. The van der Waals surface area contributed by atoms with Crippen LogP contribution in [0.3, 0.4) is 0 Å². The predicted octanol–water partition coefficient (Wildman–Crippen LogP) is 3.67. The molecule has 2 aromatic carbocycles. The highest BCUT2D eigenvalue weighted by atomic mass is 16.5. The minimum atomic E-state index is -0.289. The normalized spacial score (nSPS) is 11.0. The number of aromatic amines is 1. The van der Waals surface area contributed by atoms with Crippen molar-refractivity contribution in [3.63, 3.8) is 0 Å². The zero-order valence-corrected chi connectivity index (χ0v) is 15.3. The number of carbonyl (C=O) groups is 1. The van der Waals surface area contributed by atoms with Gasteiger partial charge in [-0.15, -0.1) is 0 Å². The van der Waals surface area contributed by atoms with Crippen molar-refractivity contribution in [3.05, 3.63) is 94.3 Å². The van der Waals surface area contributed by atoms with Crippen molar-refractivity contribution in [2.24, 2.45) is 10.9 Å². The lowest BCUT2D eigenvalue weighted by Gasteiger charge is -2.10. The van der Waals surface area contributed by atoms with Gasteiger partial charge in [-0.3, -0.25) is 0 Å². The van der Waals surface area contributed by atoms with Crippen LogP contribution < -0.4 is 5.84 Å². The minimum absolute atomic E-state index is 0.289. The second-order valence-electron chi connectivity index (χ2n) is 6.26. The summed E-state index contributed by atoms with van der Waals surface area (Å²) in [5.74, 6) is 4.90. The predicted molar refractivity (Wildman–Crippen MR) is 107 cm³/mol. The van der Waals surface area contributed by atoms with Crippen molar-refractivity contribution in [1.29, 1.82) is 0 Å². The molecule has 0 unspecified atom stereocenters. The molecule has 0 atom stereocenters. The second-order valence-corrected chi connectivity index (χ2v) is 6.26. The number of aromatic nitrogens is 1. The quantitative estimate of drug-likeness (QED) is 0.292. The highest BCUT2D eigenvalue weighted by Crippen LogP contribution is 2.21. The number of nitrogens with zero attached hydrogens (tertiary/aromatic N) is 1. The van der Waals surface area contributed by atoms with Crippen molar-refractivity contribution in [3.8, 4) is 0 Å². The number of hydrogen-bond acceptors (Lipinski definition) is 4. The highest BCUT2D eigenvalue weighted by molar-refractivity contribution is 5.91. The molecule has 138 valence electrons. The van der Waals surface area contributed by atoms with Gasteiger partial charge < -0.3 is 15.6 Å². The van der Waals surface area contributed by atoms with E-state index >= 15 is 0 Å². The molecule has 5 nitrogen and oxygen atoms in total. The summed E-state index contributed by atoms with van der Waals surface area (Å²) in [6.07, 6.45) is 6.68. The molecule has 27 heavy (non-hydrogen) atoms. The number of esters is 1. The van der Waals surface area contributed by atoms with Crippen LogP contribution in [0.2, 0.25) is 0 Å². The van der Waals surface area contributed by atoms with E-state index in [4.69, 9.17) is 10.6 Å². The Morgan fingerprint density at radius 2 is 1.74 bits per heavy atom. The van der Waals surface area contributed by atoms with Crippen LogP contribution in [0.4, 0.5) is 0 Å². The maximum atomic E-state index is 12.1. The fourth-order valence-corrected chi connectivity index (χ4v) is 3.08. The second kappa shape index (κ2) is 8.85. The molecule has 0 bridgehead atoms. The van der Waals surface area contributed by atoms with E-state index in [9.17, 15) is 4.79 Å². The molecule has 0 spiro atoms. The molecule has 3 N–H and O–H groups in total. The van der Waals surface area contributed by atoms with Gasteiger partial charge in [0, 0.05) is 18.8 Å². The van der Waals surface area contributed by atoms with Crippen molar-refractivity contribution in [1.82, 2.24) is 4.98 Å². The van der Waals surface area contributed by atoms with E-state index in [1.807, 2.05) is 37.4 Å². The summed E-state index contributed by atoms with van der Waals surface area (Å²) in [6, 6.07) is 16.4. The third kappa shape index (κ3) is 4.64. The molecule has 5 heteroatoms. The topological polar surface area (TPSA) is 80.5 Å². The number of benzene rings is 2. The third-order valence-electron chi connectivity index (χ3n) is 4.42. The number of carbonyl (C=O) groups excluding carboxylic acids is 1. The number of ether oxygens (including phenoxy) is 1. The van der Waals surface area contributed by atoms with Gasteiger partial charge in [0.25, 0.3) is 0 Å². The molecule has 0 aliphatic carbocycles. The van der Waals surface area contributed by atoms with Crippen LogP contribution in [0.5, 0.6) is 0 Å². The Labute approximate surface area is 158 Å². The molecular weight excluding hydrogens is 338 g/mol. The standard InChI is InChI=1S/C22H23N3O2/c1-2-27-22(26)21-15-24-14-20(21)12-19-6-4-3-5-18(19)11-16-7-9-17(10-8-16)13-25-23/h3-10,13-15,24H,2,11-12,23H2,1H3/b25-13-. The zero-order valence-electron chi connectivity index (χ0n) is 15.3. The summed E-state index contributed by atoms with van der Waals surface area (Å²) < 4.78 is 5.14. The average molecular weight is 361 g/mol. The summed E-state index contributed by atoms with van der Waals surface area (Å²) in [5.41, 5.74) is 6.13. The molecule has 0 fully saturated rings. The Balaban J connectivity index is 1.81. The summed E-state index contributed by atoms with van der Waals surface area (Å²) in [6.45, 7) is 2.18. The van der Waals surface area contributed by atoms with Gasteiger partial charge >= 0.3 is 5.97 Å². The molecule has 1 aromatic heterocycles. The Hall–Kier alpha value is -3.34. The van der Waals surface area contributed by atoms with E-state index in [1.165, 1.54) is 16.7 Å². The van der Waals surface area contributed by atoms with E-state index in [-0.39, 0.29) is 5.97 Å². The van der Waals surface area contributed by atoms with E-state index in [0.717, 1.165) is 17.5 Å². The SMILES string of the molecule is CCOC(=O)c1c[nH]cc1Cc1ccccc1Cc1ccc(/C=N\N)cc1. The summed E-state index contributed by atoms with van der Waals surface area (Å²) in [5, 5.41) is 3.55. The molecule has 3 aromatic rings. The summed E-state index contributed by atoms with van der Waals surface area (Å²) in [4.78, 5) is 15.1. The van der Waals surface area contributed by atoms with Crippen LogP contribution in [0.15, 0.2) is 66.0 Å². The van der Waals surface area contributed by atoms with Gasteiger partial charge in [-0.1, -0.05) is 48.5 Å². The number of hydrogen-bond donors (Lipinski definition) is 2. The van der Waals surface area contributed by atoms with Gasteiger partial charge in [0.15, 0.2) is 0 Å². The lowest BCUT2D eigenvalue weighted by Crippen LogP contribution is -2.07. The molecule has 0 saturated heterocycles. The van der Waals surface area contributed by atoms with Crippen LogP contribution >= 0.6 is 0 Å². The van der Waals surface area contributed by atoms with Gasteiger partial charge in [0.1, 0.15) is 0 Å². The van der Waals surface area contributed by atoms with Crippen molar-refractivity contribution in [2.75, 3.05) is 6.61 Å². The van der Waals surface area contributed by atoms with E-state index < -0.39 is 0 Å². The van der Waals surface area contributed by atoms with Crippen molar-refractivity contribution in [2.45, 2.75) is 19.8 Å². The minimum Gasteiger partial charge on any atom is -0.462 e. The van der Waals surface area contributed by atoms with Crippen molar-refractivity contribution >= 4 is 12.2 Å². The lowest BCUT2D eigenvalue weighted by atomic mass is 9.94. The van der Waals surface area contributed by atoms with Gasteiger partial charge in [-0.05, 0) is 41.2 Å². The first-order chi connectivity index (χ1) is 13.2. The van der Waals surface area contributed by atoms with Crippen LogP contribution in [-0.2, 0) is 17.6 Å². The largest absolute Gasteiger partial charge is 0.462 e. The maximum Gasteiger partial charge on any atom is 0.339 e. The molecule has 0 amide bonds. The molecule has 0 aliphatic heterocycles. The number of nitrogens with two attached hydrogens (primary N) is 1. The van der Waals surface area contributed by atoms with Gasteiger partial charge in [-0.2, -0.15) is 5.10 Å². The highest BCUT2D eigenvalue weighted by Gasteiger charge is 2.15. The van der Waals surface area contributed by atoms with E-state index in [1.54, 1.807) is 12.4 Å². The Kier molecular flexibility index (Phi) is 6.05. The van der Waals surface area contributed by atoms with Crippen LogP contribution in [0, 0.1) is 0 Å². The molecular formula is C22H23N3O2. The molecule has 3 rings (SSSR count). The molecule has 0 radical (unpaired) electrons. The molecule has 1 heterocycles. The first kappa shape index (κ1) is 18.5. The van der Waals surface area contributed by atoms with Crippen LogP contribution in [-0.4, -0.2) is 23.8 Å². The fourth-order valence-electron chi connectivity index (χ4n) is 3.08. The number of H-pyrrole nitrogens is 1. The summed E-state index contributed by atoms with van der Waals surface area (Å²) in [7, 11) is 0. The maximum absolute atomic E-state index is 12.1. The van der Waals surface area contributed by atoms with E-state index in [0.29, 0.717) is 18.6 Å². The van der Waals surface area contributed by atoms with Crippen molar-refractivity contribution < 1.29 is 9.53 Å².